The van der Waals surface area contributed by atoms with E-state index < -0.39 is 10.0 Å². The van der Waals surface area contributed by atoms with Gasteiger partial charge in [0.05, 0.1) is 11.5 Å². The Bertz CT molecular complexity index is 584. The molecule has 0 spiro atoms. The summed E-state index contributed by atoms with van der Waals surface area (Å²) in [6.45, 7) is 4.90. The molecule has 4 nitrogen and oxygen atoms in total. The molecule has 0 aromatic heterocycles. The van der Waals surface area contributed by atoms with Crippen LogP contribution < -0.4 is 0 Å². The van der Waals surface area contributed by atoms with Crippen molar-refractivity contribution >= 4 is 21.6 Å². The van der Waals surface area contributed by atoms with Gasteiger partial charge < -0.3 is 5.11 Å². The summed E-state index contributed by atoms with van der Waals surface area (Å²) < 4.78 is 26.5. The van der Waals surface area contributed by atoms with Gasteiger partial charge in [-0.15, -0.1) is 0 Å². The summed E-state index contributed by atoms with van der Waals surface area (Å²) in [6, 6.07) is 4.45. The second kappa shape index (κ2) is 5.05. The van der Waals surface area contributed by atoms with Gasteiger partial charge >= 0.3 is 0 Å². The van der Waals surface area contributed by atoms with Crippen molar-refractivity contribution in [1.29, 1.82) is 0 Å². The minimum atomic E-state index is -3.50. The predicted octanol–water partition coefficient (Wildman–Crippen LogP) is 2.25. The zero-order valence-corrected chi connectivity index (χ0v) is 12.6. The van der Waals surface area contributed by atoms with Crippen molar-refractivity contribution < 1.29 is 13.5 Å². The summed E-state index contributed by atoms with van der Waals surface area (Å²) >= 11 is 5.88. The lowest BCUT2D eigenvalue weighted by Gasteiger charge is -2.20. The van der Waals surface area contributed by atoms with Crippen molar-refractivity contribution in [1.82, 2.24) is 4.31 Å². The molecule has 1 aliphatic rings. The molecular formula is C13H18ClNO3S. The normalized spacial score (nSPS) is 19.8. The van der Waals surface area contributed by atoms with E-state index >= 15 is 0 Å². The lowest BCUT2D eigenvalue weighted by atomic mass is 9.93. The van der Waals surface area contributed by atoms with Gasteiger partial charge in [-0.25, -0.2) is 8.42 Å². The van der Waals surface area contributed by atoms with Crippen molar-refractivity contribution in [3.8, 4) is 0 Å². The molecule has 1 heterocycles. The van der Waals surface area contributed by atoms with Crippen LogP contribution in [0.3, 0.4) is 0 Å². The third-order valence-corrected chi connectivity index (χ3v) is 5.68. The molecule has 0 unspecified atom stereocenters. The summed E-state index contributed by atoms with van der Waals surface area (Å²) in [7, 11) is -3.50. The number of sulfonamides is 1. The average molecular weight is 304 g/mol. The molecule has 1 saturated heterocycles. The molecule has 0 saturated carbocycles. The van der Waals surface area contributed by atoms with Crippen molar-refractivity contribution in [2.24, 2.45) is 5.41 Å². The highest BCUT2D eigenvalue weighted by molar-refractivity contribution is 7.89. The second-order valence-electron chi connectivity index (χ2n) is 5.66. The second-order valence-corrected chi connectivity index (χ2v) is 8.01. The Morgan fingerprint density at radius 1 is 1.42 bits per heavy atom. The largest absolute Gasteiger partial charge is 0.392 e. The molecule has 0 radical (unpaired) electrons. The third kappa shape index (κ3) is 2.94. The molecule has 1 aromatic rings. The van der Waals surface area contributed by atoms with Crippen molar-refractivity contribution in [2.75, 3.05) is 13.1 Å². The van der Waals surface area contributed by atoms with Gasteiger partial charge in [0.15, 0.2) is 0 Å². The topological polar surface area (TPSA) is 57.6 Å². The Hall–Kier alpha value is -0.620. The van der Waals surface area contributed by atoms with E-state index in [1.54, 1.807) is 0 Å². The third-order valence-electron chi connectivity index (χ3n) is 3.47. The van der Waals surface area contributed by atoms with Gasteiger partial charge in [-0.05, 0) is 35.6 Å². The molecule has 0 aliphatic carbocycles. The first-order valence-electron chi connectivity index (χ1n) is 6.16. The summed E-state index contributed by atoms with van der Waals surface area (Å²) in [5.41, 5.74) is 0.445. The van der Waals surface area contributed by atoms with Crippen molar-refractivity contribution in [2.45, 2.75) is 31.8 Å². The first kappa shape index (κ1) is 14.8. The number of halogens is 1. The molecule has 0 amide bonds. The quantitative estimate of drug-likeness (QED) is 0.932. The van der Waals surface area contributed by atoms with E-state index in [4.69, 9.17) is 16.7 Å². The van der Waals surface area contributed by atoms with Gasteiger partial charge in [-0.3, -0.25) is 0 Å². The van der Waals surface area contributed by atoms with E-state index in [1.807, 2.05) is 0 Å². The summed E-state index contributed by atoms with van der Waals surface area (Å²) in [5, 5.41) is 9.54. The number of hydrogen-bond donors (Lipinski definition) is 1. The lowest BCUT2D eigenvalue weighted by molar-refractivity contribution is 0.281. The van der Waals surface area contributed by atoms with Crippen LogP contribution in [0.5, 0.6) is 0 Å². The highest BCUT2D eigenvalue weighted by Gasteiger charge is 2.36. The maximum Gasteiger partial charge on any atom is 0.243 e. The number of aliphatic hydroxyl groups is 1. The Labute approximate surface area is 119 Å². The maximum atomic E-state index is 12.5. The average Bonchev–Trinajstić information content (AvgIpc) is 2.70. The maximum absolute atomic E-state index is 12.5. The van der Waals surface area contributed by atoms with E-state index in [0.717, 1.165) is 6.42 Å². The van der Waals surface area contributed by atoms with Gasteiger partial charge in [-0.2, -0.15) is 4.31 Å². The van der Waals surface area contributed by atoms with Crippen LogP contribution in [0.2, 0.25) is 5.02 Å². The predicted molar refractivity (Wildman–Crippen MR) is 74.5 cm³/mol. The Balaban J connectivity index is 2.35. The van der Waals surface area contributed by atoms with Crippen molar-refractivity contribution in [3.63, 3.8) is 0 Å². The molecular weight excluding hydrogens is 286 g/mol. The van der Waals surface area contributed by atoms with Crippen LogP contribution in [0.4, 0.5) is 0 Å². The summed E-state index contributed by atoms with van der Waals surface area (Å²) in [4.78, 5) is 0.193. The van der Waals surface area contributed by atoms with E-state index in [-0.39, 0.29) is 16.9 Å². The zero-order chi connectivity index (χ0) is 14.3. The Kier molecular flexibility index (Phi) is 3.93. The minimum absolute atomic E-state index is 0.0132. The lowest BCUT2D eigenvalue weighted by Crippen LogP contribution is -2.30. The molecule has 19 heavy (non-hydrogen) atoms. The molecule has 0 bridgehead atoms. The number of nitrogens with zero attached hydrogens (tertiary/aromatic N) is 1. The molecule has 1 aliphatic heterocycles. The molecule has 1 aromatic carbocycles. The summed E-state index contributed by atoms with van der Waals surface area (Å²) in [5.74, 6) is 0. The van der Waals surface area contributed by atoms with Gasteiger partial charge in [0.2, 0.25) is 10.0 Å². The van der Waals surface area contributed by atoms with Crippen molar-refractivity contribution in [3.05, 3.63) is 28.8 Å². The van der Waals surface area contributed by atoms with Gasteiger partial charge in [0, 0.05) is 18.1 Å². The Morgan fingerprint density at radius 2 is 2.11 bits per heavy atom. The number of benzene rings is 1. The van der Waals surface area contributed by atoms with Gasteiger partial charge in [0.1, 0.15) is 0 Å². The van der Waals surface area contributed by atoms with Crippen LogP contribution in [0.15, 0.2) is 23.1 Å². The molecule has 0 atom stereocenters. The fraction of sp³-hybridized carbons (Fsp3) is 0.538. The number of hydrogen-bond acceptors (Lipinski definition) is 3. The van der Waals surface area contributed by atoms with E-state index in [2.05, 4.69) is 13.8 Å². The fourth-order valence-electron chi connectivity index (χ4n) is 2.25. The number of aliphatic hydroxyl groups excluding tert-OH is 1. The van der Waals surface area contributed by atoms with E-state index in [0.29, 0.717) is 23.7 Å². The smallest absolute Gasteiger partial charge is 0.243 e. The molecule has 1 N–H and O–H groups in total. The fourth-order valence-corrected chi connectivity index (χ4v) is 4.11. The molecule has 2 rings (SSSR count). The van der Waals surface area contributed by atoms with Crippen LogP contribution in [0.1, 0.15) is 25.8 Å². The van der Waals surface area contributed by atoms with Crippen LogP contribution in [-0.2, 0) is 16.6 Å². The highest BCUT2D eigenvalue weighted by atomic mass is 35.5. The standard InChI is InChI=1S/C13H18ClNO3S/c1-13(2)5-6-15(9-13)19(17,18)11-3-4-12(14)10(7-11)8-16/h3-4,7,16H,5-6,8-9H2,1-2H3. The van der Waals surface area contributed by atoms with Crippen LogP contribution in [0.25, 0.3) is 0 Å². The molecule has 106 valence electrons. The van der Waals surface area contributed by atoms with Crippen LogP contribution in [0, 0.1) is 5.41 Å². The first-order valence-corrected chi connectivity index (χ1v) is 7.97. The van der Waals surface area contributed by atoms with Gasteiger partial charge in [-0.1, -0.05) is 25.4 Å². The minimum Gasteiger partial charge on any atom is -0.392 e. The SMILES string of the molecule is CC1(C)CCN(S(=O)(=O)c2ccc(Cl)c(CO)c2)C1. The highest BCUT2D eigenvalue weighted by Crippen LogP contribution is 2.33. The number of rotatable bonds is 3. The molecule has 6 heteroatoms. The monoisotopic (exact) mass is 303 g/mol. The summed E-state index contributed by atoms with van der Waals surface area (Å²) in [6.07, 6.45) is 0.854. The van der Waals surface area contributed by atoms with E-state index in [1.165, 1.54) is 22.5 Å². The van der Waals surface area contributed by atoms with Gasteiger partial charge in [0.25, 0.3) is 0 Å². The Morgan fingerprint density at radius 3 is 2.63 bits per heavy atom. The molecule has 1 fully saturated rings. The van der Waals surface area contributed by atoms with E-state index in [9.17, 15) is 8.42 Å². The first-order chi connectivity index (χ1) is 8.76. The van der Waals surface area contributed by atoms with Crippen LogP contribution >= 0.6 is 11.6 Å². The zero-order valence-electron chi connectivity index (χ0n) is 11.1. The van der Waals surface area contributed by atoms with Crippen LogP contribution in [-0.4, -0.2) is 30.9 Å².